The molecule has 0 saturated heterocycles. The highest BCUT2D eigenvalue weighted by molar-refractivity contribution is 7.89. The first-order valence-electron chi connectivity index (χ1n) is 13.5. The molecule has 0 aliphatic heterocycles. The number of rotatable bonds is 12. The molecule has 0 aliphatic rings. The lowest BCUT2D eigenvalue weighted by molar-refractivity contribution is -0.111. The Bertz CT molecular complexity index is 1830. The lowest BCUT2D eigenvalue weighted by Crippen LogP contribution is -2.30. The SMILES string of the molecule is C=CC(=O)Nc1cc(Nc2ncc(C(=O)NS(C)(=O)=O)c(-c3cn(C)c4ccccc34)n2)c(OC)cc1N(C)CCN(C)C. The number of likely N-dealkylation sites (N-methyl/N-ethyl adjacent to an activating group) is 2. The summed E-state index contributed by atoms with van der Waals surface area (Å²) in [6.07, 6.45) is 5.16. The fraction of sp³-hybridized carbons (Fsp3) is 0.267. The van der Waals surface area contributed by atoms with Crippen LogP contribution in [-0.2, 0) is 21.9 Å². The van der Waals surface area contributed by atoms with Crippen LogP contribution in [0.5, 0.6) is 5.75 Å². The van der Waals surface area contributed by atoms with Crippen molar-refractivity contribution in [1.29, 1.82) is 0 Å². The minimum Gasteiger partial charge on any atom is -0.494 e. The van der Waals surface area contributed by atoms with Crippen molar-refractivity contribution in [3.63, 3.8) is 0 Å². The van der Waals surface area contributed by atoms with Gasteiger partial charge >= 0.3 is 0 Å². The van der Waals surface area contributed by atoms with Gasteiger partial charge in [0.2, 0.25) is 21.9 Å². The molecule has 0 atom stereocenters. The molecular formula is C30H36N8O5S. The van der Waals surface area contributed by atoms with Crippen molar-refractivity contribution >= 4 is 55.8 Å². The van der Waals surface area contributed by atoms with Gasteiger partial charge < -0.3 is 29.7 Å². The topological polar surface area (TPSA) is 151 Å². The second-order valence-electron chi connectivity index (χ2n) is 10.4. The van der Waals surface area contributed by atoms with E-state index in [0.29, 0.717) is 29.2 Å². The first-order chi connectivity index (χ1) is 20.8. The number of aryl methyl sites for hydroxylation is 1. The molecule has 13 nitrogen and oxygen atoms in total. The number of hydrogen-bond donors (Lipinski definition) is 3. The average Bonchev–Trinajstić information content (AvgIpc) is 3.31. The summed E-state index contributed by atoms with van der Waals surface area (Å²) in [5.41, 5.74) is 3.35. The van der Waals surface area contributed by atoms with E-state index in [1.54, 1.807) is 12.1 Å². The first-order valence-corrected chi connectivity index (χ1v) is 15.4. The van der Waals surface area contributed by atoms with Gasteiger partial charge in [0.15, 0.2) is 0 Å². The Balaban J connectivity index is 1.83. The second kappa shape index (κ2) is 13.1. The van der Waals surface area contributed by atoms with Gasteiger partial charge in [-0.1, -0.05) is 24.8 Å². The fourth-order valence-electron chi connectivity index (χ4n) is 4.59. The maximum Gasteiger partial charge on any atom is 0.268 e. The molecule has 4 rings (SSSR count). The Morgan fingerprint density at radius 1 is 1.11 bits per heavy atom. The number of anilines is 4. The summed E-state index contributed by atoms with van der Waals surface area (Å²) in [5.74, 6) is -0.697. The molecule has 0 saturated carbocycles. The van der Waals surface area contributed by atoms with Gasteiger partial charge in [0.25, 0.3) is 5.91 Å². The van der Waals surface area contributed by atoms with Crippen molar-refractivity contribution in [3.05, 3.63) is 67.0 Å². The highest BCUT2D eigenvalue weighted by atomic mass is 32.2. The third-order valence-electron chi connectivity index (χ3n) is 6.76. The van der Waals surface area contributed by atoms with Gasteiger partial charge in [0, 0.05) is 62.1 Å². The van der Waals surface area contributed by atoms with Crippen LogP contribution in [0.3, 0.4) is 0 Å². The number of para-hydroxylation sites is 1. The number of benzene rings is 2. The quantitative estimate of drug-likeness (QED) is 0.202. The third-order valence-corrected chi connectivity index (χ3v) is 7.32. The standard InChI is InChI=1S/C30H36N8O5S/c1-8-27(39)32-22-15-23(26(43-6)16-25(22)37(4)14-13-36(2)3)33-30-31-17-20(29(40)35-44(7,41)42)28(34-30)21-18-38(5)24-12-10-9-11-19(21)24/h8-12,15-18H,1,13-14H2,2-7H3,(H,32,39)(H,35,40)(H,31,33,34). The number of aromatic nitrogens is 3. The van der Waals surface area contributed by atoms with Gasteiger partial charge in [-0.2, -0.15) is 0 Å². The monoisotopic (exact) mass is 620 g/mol. The second-order valence-corrected chi connectivity index (χ2v) is 12.2. The maximum absolute atomic E-state index is 13.1. The van der Waals surface area contributed by atoms with E-state index in [4.69, 9.17) is 4.74 Å². The molecule has 14 heteroatoms. The van der Waals surface area contributed by atoms with Crippen molar-refractivity contribution in [2.75, 3.05) is 63.1 Å². The predicted octanol–water partition coefficient (Wildman–Crippen LogP) is 3.20. The fourth-order valence-corrected chi connectivity index (χ4v) is 5.04. The van der Waals surface area contributed by atoms with Crippen LogP contribution in [0.2, 0.25) is 0 Å². The number of carbonyl (C=O) groups is 2. The molecule has 44 heavy (non-hydrogen) atoms. The molecule has 0 aliphatic carbocycles. The molecule has 4 aromatic rings. The van der Waals surface area contributed by atoms with Gasteiger partial charge in [0.1, 0.15) is 5.75 Å². The van der Waals surface area contributed by atoms with Gasteiger partial charge in [-0.15, -0.1) is 0 Å². The molecule has 0 bridgehead atoms. The molecule has 2 heterocycles. The Kier molecular flexibility index (Phi) is 9.55. The molecule has 2 aromatic carbocycles. The van der Waals surface area contributed by atoms with Crippen LogP contribution in [-0.4, -0.2) is 87.3 Å². The third kappa shape index (κ3) is 7.33. The number of methoxy groups -OCH3 is 1. The number of carbonyl (C=O) groups excluding carboxylic acids is 2. The van der Waals surface area contributed by atoms with Gasteiger partial charge in [-0.05, 0) is 32.3 Å². The summed E-state index contributed by atoms with van der Waals surface area (Å²) < 4.78 is 33.4. The van der Waals surface area contributed by atoms with E-state index >= 15 is 0 Å². The van der Waals surface area contributed by atoms with Crippen LogP contribution in [0, 0.1) is 0 Å². The number of hydrogen-bond acceptors (Lipinski definition) is 10. The lowest BCUT2D eigenvalue weighted by atomic mass is 10.1. The molecule has 0 fully saturated rings. The van der Waals surface area contributed by atoms with E-state index in [2.05, 4.69) is 32.1 Å². The summed E-state index contributed by atoms with van der Waals surface area (Å²) in [7, 11) is 5.40. The van der Waals surface area contributed by atoms with E-state index in [9.17, 15) is 18.0 Å². The summed E-state index contributed by atoms with van der Waals surface area (Å²) in [5, 5.41) is 6.80. The molecule has 2 amide bonds. The number of fused-ring (bicyclic) bond motifs is 1. The van der Waals surface area contributed by atoms with Crippen molar-refractivity contribution < 1.29 is 22.7 Å². The predicted molar refractivity (Wildman–Crippen MR) is 173 cm³/mol. The minimum absolute atomic E-state index is 0.0268. The largest absolute Gasteiger partial charge is 0.494 e. The molecule has 232 valence electrons. The lowest BCUT2D eigenvalue weighted by Gasteiger charge is -2.26. The van der Waals surface area contributed by atoms with Crippen molar-refractivity contribution in [2.24, 2.45) is 7.05 Å². The van der Waals surface area contributed by atoms with Crippen LogP contribution >= 0.6 is 0 Å². The van der Waals surface area contributed by atoms with E-state index in [-0.39, 0.29) is 23.1 Å². The Labute approximate surface area is 256 Å². The summed E-state index contributed by atoms with van der Waals surface area (Å²) in [4.78, 5) is 38.5. The molecule has 0 radical (unpaired) electrons. The average molecular weight is 621 g/mol. The van der Waals surface area contributed by atoms with E-state index < -0.39 is 15.9 Å². The van der Waals surface area contributed by atoms with Crippen LogP contribution in [0.1, 0.15) is 10.4 Å². The van der Waals surface area contributed by atoms with E-state index in [1.807, 2.05) is 72.8 Å². The number of sulfonamides is 1. The zero-order chi connectivity index (χ0) is 32.2. The normalized spacial score (nSPS) is 11.3. The zero-order valence-corrected chi connectivity index (χ0v) is 26.3. The summed E-state index contributed by atoms with van der Waals surface area (Å²) >= 11 is 0. The molecule has 3 N–H and O–H groups in total. The minimum atomic E-state index is -3.85. The zero-order valence-electron chi connectivity index (χ0n) is 25.5. The number of nitrogens with zero attached hydrogens (tertiary/aromatic N) is 5. The Morgan fingerprint density at radius 2 is 1.84 bits per heavy atom. The van der Waals surface area contributed by atoms with Crippen molar-refractivity contribution in [1.82, 2.24) is 24.2 Å². The van der Waals surface area contributed by atoms with Crippen LogP contribution in [0.15, 0.2) is 61.4 Å². The number of amides is 2. The molecule has 0 unspecified atom stereocenters. The maximum atomic E-state index is 13.1. The van der Waals surface area contributed by atoms with Gasteiger partial charge in [-0.3, -0.25) is 9.59 Å². The van der Waals surface area contributed by atoms with Crippen LogP contribution < -0.4 is 25.0 Å². The number of nitrogens with one attached hydrogen (secondary N) is 3. The van der Waals surface area contributed by atoms with E-state index in [1.165, 1.54) is 19.4 Å². The Morgan fingerprint density at radius 3 is 2.50 bits per heavy atom. The number of ether oxygens (including phenoxy) is 1. The molecule has 0 spiro atoms. The Hall–Kier alpha value is -4.95. The highest BCUT2D eigenvalue weighted by Crippen LogP contribution is 2.38. The van der Waals surface area contributed by atoms with Crippen molar-refractivity contribution in [3.8, 4) is 17.0 Å². The van der Waals surface area contributed by atoms with Gasteiger partial charge in [0.05, 0.1) is 41.7 Å². The van der Waals surface area contributed by atoms with Crippen LogP contribution in [0.4, 0.5) is 23.0 Å². The van der Waals surface area contributed by atoms with Crippen LogP contribution in [0.25, 0.3) is 22.2 Å². The molecule has 2 aromatic heterocycles. The van der Waals surface area contributed by atoms with Gasteiger partial charge in [-0.25, -0.2) is 23.1 Å². The summed E-state index contributed by atoms with van der Waals surface area (Å²) in [6.45, 7) is 5.01. The van der Waals surface area contributed by atoms with Crippen molar-refractivity contribution in [2.45, 2.75) is 0 Å². The van der Waals surface area contributed by atoms with E-state index in [0.717, 1.165) is 29.4 Å². The smallest absolute Gasteiger partial charge is 0.268 e. The summed E-state index contributed by atoms with van der Waals surface area (Å²) in [6, 6.07) is 11.1. The highest BCUT2D eigenvalue weighted by Gasteiger charge is 2.23. The molecular weight excluding hydrogens is 584 g/mol. The first kappa shape index (κ1) is 32.0.